The van der Waals surface area contributed by atoms with Gasteiger partial charge in [0.2, 0.25) is 0 Å². The molecule has 0 aromatic carbocycles. The van der Waals surface area contributed by atoms with Crippen molar-refractivity contribution < 1.29 is 19.0 Å². The van der Waals surface area contributed by atoms with Crippen molar-refractivity contribution in [2.75, 3.05) is 53.3 Å². The summed E-state index contributed by atoms with van der Waals surface area (Å²) < 4.78 is 18.3. The highest BCUT2D eigenvalue weighted by molar-refractivity contribution is 5.80. The van der Waals surface area contributed by atoms with Crippen LogP contribution in [0.25, 0.3) is 0 Å². The molecule has 6 atom stereocenters. The number of carbonyl (C=O) groups excluding carboxylic acids is 1. The van der Waals surface area contributed by atoms with Crippen LogP contribution in [0.4, 0.5) is 5.82 Å². The second-order valence-electron chi connectivity index (χ2n) is 12.1. The molecule has 1 aromatic heterocycles. The Morgan fingerprint density at radius 1 is 1.25 bits per heavy atom. The van der Waals surface area contributed by atoms with Gasteiger partial charge in [0.1, 0.15) is 24.3 Å². The van der Waals surface area contributed by atoms with Crippen molar-refractivity contribution in [3.8, 4) is 0 Å². The highest BCUT2D eigenvalue weighted by atomic mass is 16.5. The SMILES string of the molecule is C=C([C@H]1CNC[C@@H](C(=O)N(C)C)O1)N(C1CC1)[C@@H](OC)[C@@]1(c2ccc(C)nc2NCCCC(CC)OC)CC1C. The summed E-state index contributed by atoms with van der Waals surface area (Å²) in [6.45, 7) is 13.0. The summed E-state index contributed by atoms with van der Waals surface area (Å²) in [5, 5.41) is 7.07. The fourth-order valence-electron chi connectivity index (χ4n) is 6.33. The van der Waals surface area contributed by atoms with Gasteiger partial charge < -0.3 is 34.6 Å². The number of amides is 1. The van der Waals surface area contributed by atoms with Crippen LogP contribution >= 0.6 is 0 Å². The number of nitrogens with one attached hydrogen (secondary N) is 2. The number of morpholine rings is 1. The van der Waals surface area contributed by atoms with Gasteiger partial charge in [-0.3, -0.25) is 4.79 Å². The van der Waals surface area contributed by atoms with Gasteiger partial charge in [-0.15, -0.1) is 0 Å². The minimum Gasteiger partial charge on any atom is -0.381 e. The van der Waals surface area contributed by atoms with Gasteiger partial charge in [0.25, 0.3) is 5.91 Å². The monoisotopic (exact) mass is 557 g/mol. The maximum absolute atomic E-state index is 12.7. The zero-order valence-electron chi connectivity index (χ0n) is 25.7. The van der Waals surface area contributed by atoms with E-state index in [1.807, 2.05) is 14.0 Å². The molecule has 2 unspecified atom stereocenters. The molecule has 40 heavy (non-hydrogen) atoms. The van der Waals surface area contributed by atoms with Crippen molar-refractivity contribution in [2.24, 2.45) is 5.92 Å². The molecule has 9 heteroatoms. The average molecular weight is 558 g/mol. The van der Waals surface area contributed by atoms with Gasteiger partial charge >= 0.3 is 0 Å². The van der Waals surface area contributed by atoms with Crippen LogP contribution in [-0.2, 0) is 24.4 Å². The number of rotatable bonds is 15. The molecule has 1 saturated heterocycles. The molecular formula is C31H51N5O4. The van der Waals surface area contributed by atoms with Gasteiger partial charge in [-0.05, 0) is 57.4 Å². The quantitative estimate of drug-likeness (QED) is 0.250. The Balaban J connectivity index is 1.57. The summed E-state index contributed by atoms with van der Waals surface area (Å²) in [6, 6.07) is 4.70. The van der Waals surface area contributed by atoms with Crippen LogP contribution in [0.2, 0.25) is 0 Å². The van der Waals surface area contributed by atoms with Gasteiger partial charge in [0, 0.05) is 76.4 Å². The van der Waals surface area contributed by atoms with E-state index in [0.29, 0.717) is 31.2 Å². The number of methoxy groups -OCH3 is 2. The number of pyridine rings is 1. The largest absolute Gasteiger partial charge is 0.381 e. The van der Waals surface area contributed by atoms with Gasteiger partial charge in [-0.1, -0.05) is 26.5 Å². The molecule has 9 nitrogen and oxygen atoms in total. The number of anilines is 1. The molecule has 2 N–H and O–H groups in total. The molecule has 0 spiro atoms. The summed E-state index contributed by atoms with van der Waals surface area (Å²) in [5.41, 5.74) is 2.87. The summed E-state index contributed by atoms with van der Waals surface area (Å²) in [6.07, 6.45) is 5.52. The third-order valence-corrected chi connectivity index (χ3v) is 8.95. The van der Waals surface area contributed by atoms with E-state index >= 15 is 0 Å². The van der Waals surface area contributed by atoms with Crippen molar-refractivity contribution in [3.05, 3.63) is 35.7 Å². The second kappa shape index (κ2) is 13.2. The van der Waals surface area contributed by atoms with Gasteiger partial charge in [-0.25, -0.2) is 4.98 Å². The molecule has 0 radical (unpaired) electrons. The standard InChI is InChI=1S/C31H51N5O4/c1-9-24(38-7)11-10-16-33-28-25(15-12-21(3)34-28)31(17-20(31)2)30(39-8)36(23-13-14-23)22(4)26-18-32-19-27(40-26)29(37)35(5)6/h12,15,20,23-24,26-27,30,32H,4,9-11,13-14,16-19H2,1-3,5-8H3,(H,33,34)/t20?,24?,26-,27+,30+,31+/m1/s1. The first-order valence-corrected chi connectivity index (χ1v) is 15.0. The highest BCUT2D eigenvalue weighted by Crippen LogP contribution is 2.60. The van der Waals surface area contributed by atoms with E-state index in [-0.39, 0.29) is 23.7 Å². The minimum atomic E-state index is -0.524. The predicted octanol–water partition coefficient (Wildman–Crippen LogP) is 3.68. The number of likely N-dealkylation sites (N-methyl/N-ethyl adjacent to an activating group) is 1. The molecule has 3 aliphatic rings. The first-order chi connectivity index (χ1) is 19.2. The number of aromatic nitrogens is 1. The molecule has 2 heterocycles. The molecule has 1 amide bonds. The molecule has 1 aliphatic heterocycles. The van der Waals surface area contributed by atoms with Crippen LogP contribution in [0.1, 0.15) is 63.6 Å². The third-order valence-electron chi connectivity index (χ3n) is 8.95. The number of aryl methyl sites for hydroxylation is 1. The lowest BCUT2D eigenvalue weighted by atomic mass is 9.89. The number of ether oxygens (including phenoxy) is 3. The van der Waals surface area contributed by atoms with E-state index in [1.54, 1.807) is 26.1 Å². The Bertz CT molecular complexity index is 1030. The number of hydrogen-bond donors (Lipinski definition) is 2. The lowest BCUT2D eigenvalue weighted by molar-refractivity contribution is -0.148. The van der Waals surface area contributed by atoms with E-state index in [2.05, 4.69) is 48.1 Å². The molecule has 2 aliphatic carbocycles. The smallest absolute Gasteiger partial charge is 0.252 e. The molecule has 2 saturated carbocycles. The summed E-state index contributed by atoms with van der Waals surface area (Å²) in [7, 11) is 7.13. The second-order valence-corrected chi connectivity index (χ2v) is 12.1. The highest BCUT2D eigenvalue weighted by Gasteiger charge is 2.63. The Labute approximate surface area is 241 Å². The van der Waals surface area contributed by atoms with Crippen LogP contribution in [0, 0.1) is 12.8 Å². The van der Waals surface area contributed by atoms with Crippen molar-refractivity contribution >= 4 is 11.7 Å². The molecule has 224 valence electrons. The van der Waals surface area contributed by atoms with Crippen molar-refractivity contribution in [3.63, 3.8) is 0 Å². The molecule has 0 bridgehead atoms. The normalized spacial score (nSPS) is 27.5. The third kappa shape index (κ3) is 6.48. The molecule has 3 fully saturated rings. The molecule has 4 rings (SSSR count). The van der Waals surface area contributed by atoms with Crippen LogP contribution < -0.4 is 10.6 Å². The first-order valence-electron chi connectivity index (χ1n) is 15.0. The van der Waals surface area contributed by atoms with Gasteiger partial charge in [0.15, 0.2) is 0 Å². The Morgan fingerprint density at radius 2 is 1.95 bits per heavy atom. The van der Waals surface area contributed by atoms with Crippen LogP contribution in [-0.4, -0.2) is 99.2 Å². The van der Waals surface area contributed by atoms with Gasteiger partial charge in [0.05, 0.1) is 6.10 Å². The average Bonchev–Trinajstić information content (AvgIpc) is 3.88. The summed E-state index contributed by atoms with van der Waals surface area (Å²) >= 11 is 0. The molecular weight excluding hydrogens is 506 g/mol. The lowest BCUT2D eigenvalue weighted by Gasteiger charge is -2.44. The van der Waals surface area contributed by atoms with Crippen molar-refractivity contribution in [1.29, 1.82) is 0 Å². The maximum atomic E-state index is 12.7. The lowest BCUT2D eigenvalue weighted by Crippen LogP contribution is -2.55. The number of nitrogens with zero attached hydrogens (tertiary/aromatic N) is 3. The summed E-state index contributed by atoms with van der Waals surface area (Å²) in [4.78, 5) is 21.6. The number of carbonyl (C=O) groups is 1. The van der Waals surface area contributed by atoms with Crippen molar-refractivity contribution in [1.82, 2.24) is 20.1 Å². The van der Waals surface area contributed by atoms with E-state index in [9.17, 15) is 4.79 Å². The van der Waals surface area contributed by atoms with E-state index in [4.69, 9.17) is 19.2 Å². The fraction of sp³-hybridized carbons (Fsp3) is 0.742. The first kappa shape index (κ1) is 30.8. The Morgan fingerprint density at radius 3 is 2.52 bits per heavy atom. The van der Waals surface area contributed by atoms with Gasteiger partial charge in [-0.2, -0.15) is 0 Å². The maximum Gasteiger partial charge on any atom is 0.252 e. The van der Waals surface area contributed by atoms with Crippen LogP contribution in [0.3, 0.4) is 0 Å². The Hall–Kier alpha value is -2.20. The minimum absolute atomic E-state index is 0.0317. The van der Waals surface area contributed by atoms with Crippen LogP contribution in [0.15, 0.2) is 24.4 Å². The van der Waals surface area contributed by atoms with E-state index in [1.165, 1.54) is 5.56 Å². The van der Waals surface area contributed by atoms with Crippen LogP contribution in [0.5, 0.6) is 0 Å². The number of hydrogen-bond acceptors (Lipinski definition) is 8. The van der Waals surface area contributed by atoms with E-state index < -0.39 is 6.10 Å². The Kier molecular flexibility index (Phi) is 10.1. The molecule has 1 aromatic rings. The summed E-state index contributed by atoms with van der Waals surface area (Å²) in [5.74, 6) is 1.34. The zero-order chi connectivity index (χ0) is 29.0. The topological polar surface area (TPSA) is 88.2 Å². The van der Waals surface area contributed by atoms with Crippen molar-refractivity contribution in [2.45, 2.75) is 95.3 Å². The van der Waals surface area contributed by atoms with E-state index in [0.717, 1.165) is 62.3 Å². The predicted molar refractivity (Wildman–Crippen MR) is 158 cm³/mol. The zero-order valence-corrected chi connectivity index (χ0v) is 25.7. The fourth-order valence-corrected chi connectivity index (χ4v) is 6.33.